The standard InChI is InChI=1S/C12H21NO3Si/c1-15-17(10-14,16-2)8-7-11-3-5-12(9-13)6-4-11/h3-6,14H,7-10,13H2,1-2H3. The Bertz CT molecular complexity index is 317. The first-order chi connectivity index (χ1) is 8.19. The number of aryl methyl sites for hydroxylation is 1. The summed E-state index contributed by atoms with van der Waals surface area (Å²) in [4.78, 5) is 0. The third-order valence-electron chi connectivity index (χ3n) is 3.04. The van der Waals surface area contributed by atoms with Crippen LogP contribution in [0.3, 0.4) is 0 Å². The van der Waals surface area contributed by atoms with Crippen LogP contribution in [0.2, 0.25) is 6.04 Å². The minimum Gasteiger partial charge on any atom is -0.396 e. The van der Waals surface area contributed by atoms with E-state index >= 15 is 0 Å². The van der Waals surface area contributed by atoms with Crippen LogP contribution in [0.4, 0.5) is 0 Å². The van der Waals surface area contributed by atoms with E-state index in [2.05, 4.69) is 12.1 Å². The molecule has 0 saturated heterocycles. The number of aliphatic hydroxyl groups is 1. The Hall–Kier alpha value is -0.723. The number of nitrogens with two attached hydrogens (primary N) is 1. The largest absolute Gasteiger partial charge is 0.396 e. The van der Waals surface area contributed by atoms with Gasteiger partial charge >= 0.3 is 8.56 Å². The zero-order valence-electron chi connectivity index (χ0n) is 10.5. The Morgan fingerprint density at radius 1 is 1.12 bits per heavy atom. The summed E-state index contributed by atoms with van der Waals surface area (Å²) in [6, 6.07) is 8.92. The molecule has 0 spiro atoms. The van der Waals surface area contributed by atoms with Crippen LogP contribution in [0, 0.1) is 0 Å². The monoisotopic (exact) mass is 255 g/mol. The van der Waals surface area contributed by atoms with Crippen molar-refractivity contribution in [2.75, 3.05) is 20.4 Å². The molecule has 3 N–H and O–H groups in total. The van der Waals surface area contributed by atoms with Gasteiger partial charge in [0.15, 0.2) is 0 Å². The van der Waals surface area contributed by atoms with Crippen molar-refractivity contribution in [3.05, 3.63) is 35.4 Å². The van der Waals surface area contributed by atoms with E-state index < -0.39 is 8.56 Å². The van der Waals surface area contributed by atoms with E-state index in [1.54, 1.807) is 14.2 Å². The van der Waals surface area contributed by atoms with Crippen molar-refractivity contribution in [3.8, 4) is 0 Å². The van der Waals surface area contributed by atoms with Gasteiger partial charge in [-0.25, -0.2) is 0 Å². The van der Waals surface area contributed by atoms with Gasteiger partial charge in [-0.15, -0.1) is 0 Å². The maximum absolute atomic E-state index is 9.33. The zero-order chi connectivity index (χ0) is 12.7. The van der Waals surface area contributed by atoms with E-state index in [9.17, 15) is 5.11 Å². The molecule has 0 saturated carbocycles. The van der Waals surface area contributed by atoms with Gasteiger partial charge in [-0.1, -0.05) is 24.3 Å². The van der Waals surface area contributed by atoms with Gasteiger partial charge in [0.05, 0.1) is 6.23 Å². The van der Waals surface area contributed by atoms with E-state index in [1.807, 2.05) is 12.1 Å². The van der Waals surface area contributed by atoms with Gasteiger partial charge in [0.1, 0.15) is 0 Å². The smallest absolute Gasteiger partial charge is 0.364 e. The molecule has 17 heavy (non-hydrogen) atoms. The van der Waals surface area contributed by atoms with Crippen LogP contribution < -0.4 is 5.73 Å². The molecule has 0 radical (unpaired) electrons. The lowest BCUT2D eigenvalue weighted by Crippen LogP contribution is -2.45. The molecule has 1 aromatic rings. The lowest BCUT2D eigenvalue weighted by molar-refractivity contribution is 0.197. The van der Waals surface area contributed by atoms with Crippen molar-refractivity contribution < 1.29 is 14.0 Å². The fourth-order valence-corrected chi connectivity index (χ4v) is 3.33. The van der Waals surface area contributed by atoms with Crippen molar-refractivity contribution in [2.45, 2.75) is 19.0 Å². The number of aliphatic hydroxyl groups excluding tert-OH is 1. The summed E-state index contributed by atoms with van der Waals surface area (Å²) in [5.41, 5.74) is 7.87. The van der Waals surface area contributed by atoms with Crippen LogP contribution in [0.5, 0.6) is 0 Å². The molecule has 0 aliphatic rings. The molecular formula is C12H21NO3Si. The highest BCUT2D eigenvalue weighted by molar-refractivity contribution is 6.67. The molecule has 0 aliphatic heterocycles. The highest BCUT2D eigenvalue weighted by atomic mass is 28.4. The summed E-state index contributed by atoms with van der Waals surface area (Å²) in [6.45, 7) is 0.561. The molecule has 0 aromatic heterocycles. The first-order valence-corrected chi connectivity index (χ1v) is 7.92. The summed E-state index contributed by atoms with van der Waals surface area (Å²) >= 11 is 0. The van der Waals surface area contributed by atoms with Crippen LogP contribution in [0.1, 0.15) is 11.1 Å². The predicted molar refractivity (Wildman–Crippen MR) is 69.7 cm³/mol. The minimum atomic E-state index is -2.39. The van der Waals surface area contributed by atoms with E-state index in [0.717, 1.165) is 18.0 Å². The number of rotatable bonds is 7. The maximum atomic E-state index is 9.33. The average Bonchev–Trinajstić information content (AvgIpc) is 2.41. The molecule has 0 amide bonds. The molecule has 0 fully saturated rings. The summed E-state index contributed by atoms with van der Waals surface area (Å²) in [6.07, 6.45) is 0.834. The Balaban J connectivity index is 2.59. The predicted octanol–water partition coefficient (Wildman–Crippen LogP) is 0.954. The maximum Gasteiger partial charge on any atom is 0.364 e. The lowest BCUT2D eigenvalue weighted by Gasteiger charge is -2.24. The first kappa shape index (κ1) is 14.3. The zero-order valence-corrected chi connectivity index (χ0v) is 11.5. The van der Waals surface area contributed by atoms with Crippen LogP contribution in [-0.4, -0.2) is 34.1 Å². The third-order valence-corrected chi connectivity index (χ3v) is 6.02. The molecular weight excluding hydrogens is 234 g/mol. The van der Waals surface area contributed by atoms with Gasteiger partial charge in [0, 0.05) is 20.8 Å². The molecule has 0 atom stereocenters. The van der Waals surface area contributed by atoms with Gasteiger partial charge in [-0.3, -0.25) is 0 Å². The van der Waals surface area contributed by atoms with Crippen LogP contribution in [-0.2, 0) is 21.8 Å². The topological polar surface area (TPSA) is 64.7 Å². The normalized spacial score (nSPS) is 11.8. The second-order valence-electron chi connectivity index (χ2n) is 4.00. The molecule has 96 valence electrons. The number of hydrogen-bond donors (Lipinski definition) is 2. The van der Waals surface area contributed by atoms with E-state index in [1.165, 1.54) is 5.56 Å². The first-order valence-electron chi connectivity index (χ1n) is 5.68. The Morgan fingerprint density at radius 2 is 1.65 bits per heavy atom. The molecule has 5 heteroatoms. The second-order valence-corrected chi connectivity index (χ2v) is 7.45. The Kier molecular flexibility index (Phi) is 5.80. The molecule has 0 aliphatic carbocycles. The van der Waals surface area contributed by atoms with Crippen molar-refractivity contribution >= 4 is 8.56 Å². The van der Waals surface area contributed by atoms with Crippen molar-refractivity contribution in [1.82, 2.24) is 0 Å². The van der Waals surface area contributed by atoms with E-state index in [-0.39, 0.29) is 6.23 Å². The van der Waals surface area contributed by atoms with Crippen molar-refractivity contribution in [2.24, 2.45) is 5.73 Å². The van der Waals surface area contributed by atoms with Gasteiger partial charge < -0.3 is 19.7 Å². The SMILES string of the molecule is CO[Si](CO)(CCc1ccc(CN)cc1)OC. The Labute approximate surface area is 104 Å². The summed E-state index contributed by atoms with van der Waals surface area (Å²) in [5, 5.41) is 9.33. The second kappa shape index (κ2) is 6.88. The quantitative estimate of drug-likeness (QED) is 0.712. The Morgan fingerprint density at radius 3 is 2.06 bits per heavy atom. The molecule has 1 aromatic carbocycles. The summed E-state index contributed by atoms with van der Waals surface area (Å²) < 4.78 is 10.7. The van der Waals surface area contributed by atoms with Crippen LogP contribution in [0.15, 0.2) is 24.3 Å². The summed E-state index contributed by atoms with van der Waals surface area (Å²) in [7, 11) is 0.810. The van der Waals surface area contributed by atoms with Crippen molar-refractivity contribution in [3.63, 3.8) is 0 Å². The molecule has 0 heterocycles. The highest BCUT2D eigenvalue weighted by Crippen LogP contribution is 2.16. The van der Waals surface area contributed by atoms with E-state index in [4.69, 9.17) is 14.6 Å². The van der Waals surface area contributed by atoms with Gasteiger partial charge in [0.2, 0.25) is 0 Å². The van der Waals surface area contributed by atoms with E-state index in [0.29, 0.717) is 6.54 Å². The number of benzene rings is 1. The molecule has 0 bridgehead atoms. The number of hydrogen-bond acceptors (Lipinski definition) is 4. The molecule has 1 rings (SSSR count). The van der Waals surface area contributed by atoms with Gasteiger partial charge in [-0.2, -0.15) is 0 Å². The average molecular weight is 255 g/mol. The minimum absolute atomic E-state index is 0.0130. The van der Waals surface area contributed by atoms with Gasteiger partial charge in [0.25, 0.3) is 0 Å². The van der Waals surface area contributed by atoms with Crippen LogP contribution in [0.25, 0.3) is 0 Å². The fourth-order valence-electron chi connectivity index (χ4n) is 1.67. The highest BCUT2D eigenvalue weighted by Gasteiger charge is 2.34. The fraction of sp³-hybridized carbons (Fsp3) is 0.500. The third kappa shape index (κ3) is 3.90. The lowest BCUT2D eigenvalue weighted by atomic mass is 10.1. The van der Waals surface area contributed by atoms with Crippen molar-refractivity contribution in [1.29, 1.82) is 0 Å². The summed E-state index contributed by atoms with van der Waals surface area (Å²) in [5.74, 6) is 0. The van der Waals surface area contributed by atoms with Gasteiger partial charge in [-0.05, 0) is 23.6 Å². The van der Waals surface area contributed by atoms with Crippen LogP contribution >= 0.6 is 0 Å². The molecule has 4 nitrogen and oxygen atoms in total. The molecule has 0 unspecified atom stereocenters.